The monoisotopic (exact) mass is 374 g/mol. The van der Waals surface area contributed by atoms with Crippen LogP contribution in [0.4, 0.5) is 0 Å². The summed E-state index contributed by atoms with van der Waals surface area (Å²) >= 11 is 29.7. The van der Waals surface area contributed by atoms with E-state index in [9.17, 15) is 4.89 Å². The van der Waals surface area contributed by atoms with Crippen molar-refractivity contribution in [3.8, 4) is 0 Å². The highest BCUT2D eigenvalue weighted by Gasteiger charge is 2.38. The molecule has 3 N–H and O–H groups in total. The van der Waals surface area contributed by atoms with Crippen LogP contribution in [0.3, 0.4) is 0 Å². The van der Waals surface area contributed by atoms with Gasteiger partial charge in [0.1, 0.15) is 0 Å². The number of halogens is 4. The minimum Gasteiger partial charge on any atom is -0.324 e. The Labute approximate surface area is 116 Å². The Bertz CT molecular complexity index is 313. The van der Waals surface area contributed by atoms with E-state index in [0.717, 1.165) is 0 Å². The summed E-state index contributed by atoms with van der Waals surface area (Å²) in [6.45, 7) is -8.25. The van der Waals surface area contributed by atoms with Gasteiger partial charge in [-0.05, 0) is 23.6 Å². The standard InChI is InChI=1S/C2H4Cl4O5P2S2/c3-1(2(4,5)6)10-13(9,15)11-12(7,8)14/h1H,(H,9,15)(H2,7,8,14). The van der Waals surface area contributed by atoms with Crippen molar-refractivity contribution in [2.24, 2.45) is 0 Å². The molecule has 0 saturated carbocycles. The summed E-state index contributed by atoms with van der Waals surface area (Å²) in [4.78, 5) is 26.7. The summed E-state index contributed by atoms with van der Waals surface area (Å²) in [5, 5.41) is 0. The van der Waals surface area contributed by atoms with Crippen LogP contribution in [0.1, 0.15) is 0 Å². The maximum Gasteiger partial charge on any atom is 0.333 e. The molecule has 0 bridgehead atoms. The molecule has 13 heteroatoms. The molecule has 0 aromatic heterocycles. The predicted octanol–water partition coefficient (Wildman–Crippen LogP) is 2.38. The van der Waals surface area contributed by atoms with Crippen LogP contribution in [0.25, 0.3) is 0 Å². The lowest BCUT2D eigenvalue weighted by Gasteiger charge is -2.24. The second-order valence-corrected chi connectivity index (χ2v) is 10.4. The van der Waals surface area contributed by atoms with E-state index in [-0.39, 0.29) is 0 Å². The van der Waals surface area contributed by atoms with Gasteiger partial charge in [-0.1, -0.05) is 46.4 Å². The fourth-order valence-electron chi connectivity index (χ4n) is 0.330. The van der Waals surface area contributed by atoms with Crippen LogP contribution in [0.5, 0.6) is 0 Å². The molecule has 0 aromatic carbocycles. The van der Waals surface area contributed by atoms with Crippen molar-refractivity contribution >= 4 is 83.5 Å². The van der Waals surface area contributed by atoms with E-state index in [1.54, 1.807) is 0 Å². The van der Waals surface area contributed by atoms with E-state index in [4.69, 9.17) is 56.2 Å². The zero-order valence-corrected chi connectivity index (χ0v) is 12.9. The lowest BCUT2D eigenvalue weighted by molar-refractivity contribution is 0.224. The van der Waals surface area contributed by atoms with Crippen LogP contribution < -0.4 is 0 Å². The van der Waals surface area contributed by atoms with Gasteiger partial charge in [-0.2, -0.15) is 0 Å². The first-order chi connectivity index (χ1) is 6.33. The average molecular weight is 376 g/mol. The van der Waals surface area contributed by atoms with E-state index in [2.05, 4.69) is 32.4 Å². The van der Waals surface area contributed by atoms with Crippen LogP contribution in [0.2, 0.25) is 0 Å². The lowest BCUT2D eigenvalue weighted by atomic mass is 10.8. The summed E-state index contributed by atoms with van der Waals surface area (Å²) in [5.74, 6) is 0. The molecule has 0 aliphatic carbocycles. The third-order valence-corrected chi connectivity index (χ3v) is 5.77. The second kappa shape index (κ2) is 5.93. The molecule has 2 atom stereocenters. The van der Waals surface area contributed by atoms with E-state index < -0.39 is 22.8 Å². The molecule has 0 heterocycles. The molecule has 0 amide bonds. The summed E-state index contributed by atoms with van der Waals surface area (Å²) in [6.07, 6.45) is 0. The zero-order chi connectivity index (χ0) is 12.5. The second-order valence-electron chi connectivity index (χ2n) is 2.00. The van der Waals surface area contributed by atoms with Gasteiger partial charge >= 0.3 is 13.4 Å². The maximum absolute atomic E-state index is 9.25. The SMILES string of the molecule is OP(O)(=S)OP(O)(=S)OC(Cl)C(Cl)(Cl)Cl. The maximum atomic E-state index is 9.25. The summed E-state index contributed by atoms with van der Waals surface area (Å²) in [5.41, 5.74) is -1.63. The van der Waals surface area contributed by atoms with Crippen LogP contribution >= 0.6 is 59.8 Å². The van der Waals surface area contributed by atoms with E-state index >= 15 is 0 Å². The molecule has 0 aliphatic rings. The number of hydrogen-bond donors (Lipinski definition) is 3. The Morgan fingerprint density at radius 1 is 1.13 bits per heavy atom. The molecule has 0 aromatic rings. The minimum atomic E-state index is -4.18. The molecule has 0 spiro atoms. The third kappa shape index (κ3) is 8.91. The fourth-order valence-corrected chi connectivity index (χ4v) is 5.03. The van der Waals surface area contributed by atoms with Crippen molar-refractivity contribution in [3.63, 3.8) is 0 Å². The molecule has 0 aliphatic heterocycles. The van der Waals surface area contributed by atoms with Crippen LogP contribution in [-0.2, 0) is 32.4 Å². The molecule has 5 nitrogen and oxygen atoms in total. The van der Waals surface area contributed by atoms with Crippen molar-refractivity contribution in [2.75, 3.05) is 0 Å². The van der Waals surface area contributed by atoms with Gasteiger partial charge in [-0.15, -0.1) is 0 Å². The largest absolute Gasteiger partial charge is 0.333 e. The molecule has 2 unspecified atom stereocenters. The Morgan fingerprint density at radius 3 is 1.80 bits per heavy atom. The van der Waals surface area contributed by atoms with E-state index in [1.807, 2.05) is 0 Å². The van der Waals surface area contributed by atoms with Gasteiger partial charge in [-0.3, -0.25) is 4.52 Å². The molecule has 0 radical (unpaired) electrons. The topological polar surface area (TPSA) is 79.2 Å². The smallest absolute Gasteiger partial charge is 0.324 e. The average Bonchev–Trinajstić information content (AvgIpc) is 1.76. The molecular weight excluding hydrogens is 372 g/mol. The zero-order valence-electron chi connectivity index (χ0n) is 6.46. The van der Waals surface area contributed by atoms with Crippen LogP contribution in [0, 0.1) is 0 Å². The Morgan fingerprint density at radius 2 is 1.53 bits per heavy atom. The molecular formula is C2H4Cl4O5P2S2. The van der Waals surface area contributed by atoms with Gasteiger partial charge in [0.25, 0.3) is 0 Å². The first kappa shape index (κ1) is 17.3. The summed E-state index contributed by atoms with van der Waals surface area (Å²) < 4.78 is 6.51. The number of alkyl halides is 4. The Hall–Kier alpha value is 2.26. The Kier molecular flexibility index (Phi) is 6.83. The van der Waals surface area contributed by atoms with Gasteiger partial charge in [0.05, 0.1) is 0 Å². The van der Waals surface area contributed by atoms with Gasteiger partial charge in [0.15, 0.2) is 5.56 Å². The molecule has 0 rings (SSSR count). The summed E-state index contributed by atoms with van der Waals surface area (Å²) in [7, 11) is 0. The summed E-state index contributed by atoms with van der Waals surface area (Å²) in [6, 6.07) is 0. The van der Waals surface area contributed by atoms with Crippen molar-refractivity contribution < 1.29 is 23.5 Å². The van der Waals surface area contributed by atoms with Crippen LogP contribution in [0.15, 0.2) is 0 Å². The predicted molar refractivity (Wildman–Crippen MR) is 67.3 cm³/mol. The van der Waals surface area contributed by atoms with Crippen molar-refractivity contribution in [1.82, 2.24) is 0 Å². The molecule has 92 valence electrons. The van der Waals surface area contributed by atoms with Crippen molar-refractivity contribution in [3.05, 3.63) is 0 Å². The third-order valence-electron chi connectivity index (χ3n) is 0.693. The van der Waals surface area contributed by atoms with Gasteiger partial charge in [0.2, 0.25) is 3.79 Å². The number of rotatable bonds is 4. The molecule has 0 saturated heterocycles. The van der Waals surface area contributed by atoms with Crippen molar-refractivity contribution in [1.29, 1.82) is 0 Å². The molecule has 15 heavy (non-hydrogen) atoms. The normalized spacial score (nSPS) is 19.7. The Balaban J connectivity index is 4.53. The highest BCUT2D eigenvalue weighted by atomic mass is 35.6. The minimum absolute atomic E-state index is 1.63. The van der Waals surface area contributed by atoms with Gasteiger partial charge in [0, 0.05) is 0 Å². The first-order valence-electron chi connectivity index (χ1n) is 2.82. The quantitative estimate of drug-likeness (QED) is 0.514. The lowest BCUT2D eigenvalue weighted by Crippen LogP contribution is -2.21. The van der Waals surface area contributed by atoms with Gasteiger partial charge < -0.3 is 14.7 Å². The van der Waals surface area contributed by atoms with E-state index in [0.29, 0.717) is 0 Å². The van der Waals surface area contributed by atoms with Crippen LogP contribution in [-0.4, -0.2) is 24.0 Å². The van der Waals surface area contributed by atoms with Gasteiger partial charge in [-0.25, -0.2) is 4.31 Å². The molecule has 0 fully saturated rings. The highest BCUT2D eigenvalue weighted by Crippen LogP contribution is 2.60. The first-order valence-corrected chi connectivity index (χ1v) is 9.61. The fraction of sp³-hybridized carbons (Fsp3) is 1.00. The van der Waals surface area contributed by atoms with Crippen molar-refractivity contribution in [2.45, 2.75) is 9.36 Å². The van der Waals surface area contributed by atoms with E-state index in [1.165, 1.54) is 0 Å². The number of hydrogen-bond acceptors (Lipinski definition) is 4. The highest BCUT2D eigenvalue weighted by molar-refractivity contribution is 8.14.